The fourth-order valence-electron chi connectivity index (χ4n) is 2.80. The lowest BCUT2D eigenvalue weighted by Gasteiger charge is -2.12. The van der Waals surface area contributed by atoms with Crippen molar-refractivity contribution in [2.75, 3.05) is 12.8 Å². The molecule has 1 aliphatic rings. The molecule has 2 aromatic rings. The van der Waals surface area contributed by atoms with Gasteiger partial charge in [0.05, 0.1) is 17.1 Å². The number of hydrogen-bond acceptors (Lipinski definition) is 5. The molecular weight excluding hydrogens is 322 g/mol. The van der Waals surface area contributed by atoms with Crippen LogP contribution in [0.4, 0.5) is 22.7 Å². The minimum Gasteiger partial charge on any atom is -0.399 e. The highest BCUT2D eigenvalue weighted by Crippen LogP contribution is 2.38. The van der Waals surface area contributed by atoms with Gasteiger partial charge in [0.1, 0.15) is 0 Å². The van der Waals surface area contributed by atoms with Crippen molar-refractivity contribution in [3.63, 3.8) is 0 Å². The third-order valence-corrected chi connectivity index (χ3v) is 4.29. The van der Waals surface area contributed by atoms with E-state index in [2.05, 4.69) is 58.6 Å². The average molecular weight is 345 g/mol. The van der Waals surface area contributed by atoms with Gasteiger partial charge in [-0.1, -0.05) is 38.2 Å². The minimum absolute atomic E-state index is 0.0401. The molecule has 0 amide bonds. The van der Waals surface area contributed by atoms with Gasteiger partial charge in [-0.25, -0.2) is 0 Å². The molecule has 2 aromatic carbocycles. The molecule has 0 spiro atoms. The van der Waals surface area contributed by atoms with E-state index in [4.69, 9.17) is 5.73 Å². The predicted molar refractivity (Wildman–Crippen MR) is 108 cm³/mol. The largest absolute Gasteiger partial charge is 0.399 e. The maximum absolute atomic E-state index is 5.81. The lowest BCUT2D eigenvalue weighted by molar-refractivity contribution is 0.633. The van der Waals surface area contributed by atoms with E-state index in [1.54, 1.807) is 7.05 Å². The zero-order valence-electron chi connectivity index (χ0n) is 15.6. The van der Waals surface area contributed by atoms with Crippen LogP contribution in [-0.2, 0) is 0 Å². The molecular formula is C21H23N5. The van der Waals surface area contributed by atoms with Gasteiger partial charge in [-0.3, -0.25) is 0 Å². The summed E-state index contributed by atoms with van der Waals surface area (Å²) in [6, 6.07) is 9.45. The van der Waals surface area contributed by atoms with Crippen molar-refractivity contribution in [2.24, 2.45) is 25.9 Å². The Kier molecular flexibility index (Phi) is 4.80. The molecule has 0 heterocycles. The van der Waals surface area contributed by atoms with E-state index in [0.717, 1.165) is 39.4 Å². The van der Waals surface area contributed by atoms with Crippen LogP contribution in [0.15, 0.2) is 62.9 Å². The molecule has 1 aliphatic carbocycles. The quantitative estimate of drug-likeness (QED) is 0.483. The second-order valence-electron chi connectivity index (χ2n) is 6.97. The Bertz CT molecular complexity index is 949. The fourth-order valence-corrected chi connectivity index (χ4v) is 2.80. The molecule has 3 rings (SSSR count). The van der Waals surface area contributed by atoms with Crippen LogP contribution in [0.2, 0.25) is 0 Å². The summed E-state index contributed by atoms with van der Waals surface area (Å²) in [5, 5.41) is 17.1. The fraction of sp³-hybridized carbons (Fsp3) is 0.238. The molecule has 5 heteroatoms. The first-order valence-electron chi connectivity index (χ1n) is 8.53. The molecule has 0 saturated heterocycles. The maximum Gasteiger partial charge on any atom is 0.0936 e. The number of nitrogens with zero attached hydrogens (tertiary/aromatic N) is 4. The number of aryl methyl sites for hydroxylation is 1. The number of nitrogens with two attached hydrogens (primary N) is 1. The molecule has 0 fully saturated rings. The third kappa shape index (κ3) is 3.77. The number of rotatable bonds is 3. The molecule has 0 bridgehead atoms. The van der Waals surface area contributed by atoms with Crippen LogP contribution in [0.1, 0.15) is 30.5 Å². The van der Waals surface area contributed by atoms with Crippen molar-refractivity contribution in [3.8, 4) is 0 Å². The highest BCUT2D eigenvalue weighted by molar-refractivity contribution is 5.82. The second-order valence-corrected chi connectivity index (χ2v) is 6.97. The van der Waals surface area contributed by atoms with E-state index in [0.29, 0.717) is 0 Å². The van der Waals surface area contributed by atoms with Crippen molar-refractivity contribution >= 4 is 34.9 Å². The molecule has 26 heavy (non-hydrogen) atoms. The molecule has 0 radical (unpaired) electrons. The summed E-state index contributed by atoms with van der Waals surface area (Å²) in [6.45, 7) is 6.29. The summed E-state index contributed by atoms with van der Waals surface area (Å²) in [5.74, 6) is 0. The molecule has 0 unspecified atom stereocenters. The number of benzene rings is 2. The molecule has 0 aromatic heterocycles. The Balaban J connectivity index is 2.09. The smallest absolute Gasteiger partial charge is 0.0936 e. The highest BCUT2D eigenvalue weighted by atomic mass is 15.1. The average Bonchev–Trinajstić information content (AvgIpc) is 2.75. The van der Waals surface area contributed by atoms with Gasteiger partial charge in [0.25, 0.3) is 0 Å². The normalized spacial score (nSPS) is 15.5. The molecule has 5 nitrogen and oxygen atoms in total. The van der Waals surface area contributed by atoms with Gasteiger partial charge in [-0.15, -0.1) is 5.11 Å². The lowest BCUT2D eigenvalue weighted by atomic mass is 9.93. The number of azo groups is 2. The van der Waals surface area contributed by atoms with Crippen molar-refractivity contribution in [3.05, 3.63) is 59.2 Å². The van der Waals surface area contributed by atoms with Crippen molar-refractivity contribution < 1.29 is 0 Å². The van der Waals surface area contributed by atoms with E-state index in [1.165, 1.54) is 0 Å². The monoisotopic (exact) mass is 345 g/mol. The van der Waals surface area contributed by atoms with Gasteiger partial charge in [0.2, 0.25) is 0 Å². The third-order valence-electron chi connectivity index (χ3n) is 4.29. The summed E-state index contributed by atoms with van der Waals surface area (Å²) >= 11 is 0. The van der Waals surface area contributed by atoms with Crippen LogP contribution < -0.4 is 5.73 Å². The standard InChI is InChI=1S/C21H23N5/c1-14-13-15(22)5-6-18(14)25-26-20-8-7-19(24-23-4)16-9-11-21(2,3)12-10-17(16)20/h5-13H,22H2,1-4H3. The highest BCUT2D eigenvalue weighted by Gasteiger charge is 2.17. The van der Waals surface area contributed by atoms with Crippen LogP contribution in [0.5, 0.6) is 0 Å². The van der Waals surface area contributed by atoms with E-state index < -0.39 is 0 Å². The molecule has 2 N–H and O–H groups in total. The predicted octanol–water partition coefficient (Wildman–Crippen LogP) is 6.77. The molecule has 132 valence electrons. The number of nitrogen functional groups attached to an aromatic ring is 1. The van der Waals surface area contributed by atoms with Crippen LogP contribution >= 0.6 is 0 Å². The van der Waals surface area contributed by atoms with E-state index in [9.17, 15) is 0 Å². The summed E-state index contributed by atoms with van der Waals surface area (Å²) in [5.41, 5.74) is 11.9. The number of fused-ring (bicyclic) bond motifs is 1. The van der Waals surface area contributed by atoms with Crippen molar-refractivity contribution in [2.45, 2.75) is 20.8 Å². The number of anilines is 1. The number of allylic oxidation sites excluding steroid dienone is 2. The van der Waals surface area contributed by atoms with Gasteiger partial charge in [-0.2, -0.15) is 15.3 Å². The Hall–Kier alpha value is -3.08. The Morgan fingerprint density at radius 2 is 1.35 bits per heavy atom. The number of hydrogen-bond donors (Lipinski definition) is 1. The second kappa shape index (κ2) is 7.04. The topological polar surface area (TPSA) is 75.5 Å². The molecule has 0 aliphatic heterocycles. The zero-order valence-corrected chi connectivity index (χ0v) is 15.6. The van der Waals surface area contributed by atoms with Crippen LogP contribution in [0.3, 0.4) is 0 Å². The zero-order chi connectivity index (χ0) is 18.7. The summed E-state index contributed by atoms with van der Waals surface area (Å²) < 4.78 is 0. The lowest BCUT2D eigenvalue weighted by Crippen LogP contribution is -1.99. The summed E-state index contributed by atoms with van der Waals surface area (Å²) in [4.78, 5) is 0. The van der Waals surface area contributed by atoms with Gasteiger partial charge in [-0.05, 0) is 42.8 Å². The van der Waals surface area contributed by atoms with Gasteiger partial charge in [0, 0.05) is 29.3 Å². The van der Waals surface area contributed by atoms with Crippen molar-refractivity contribution in [1.29, 1.82) is 0 Å². The maximum atomic E-state index is 5.81. The van der Waals surface area contributed by atoms with E-state index >= 15 is 0 Å². The van der Waals surface area contributed by atoms with E-state index in [1.807, 2.05) is 37.3 Å². The minimum atomic E-state index is -0.0401. The van der Waals surface area contributed by atoms with Crippen LogP contribution in [0.25, 0.3) is 12.2 Å². The first-order chi connectivity index (χ1) is 12.4. The van der Waals surface area contributed by atoms with Crippen LogP contribution in [-0.4, -0.2) is 7.05 Å². The van der Waals surface area contributed by atoms with Crippen LogP contribution in [0, 0.1) is 12.3 Å². The SMILES string of the molecule is CN=Nc1ccc(N=Nc2ccc(N)cc2C)c2c1C=CC(C)(C)C=C2. The van der Waals surface area contributed by atoms with Gasteiger partial charge < -0.3 is 5.73 Å². The Labute approximate surface area is 154 Å². The van der Waals surface area contributed by atoms with Crippen molar-refractivity contribution in [1.82, 2.24) is 0 Å². The first kappa shape index (κ1) is 17.7. The van der Waals surface area contributed by atoms with E-state index in [-0.39, 0.29) is 5.41 Å². The van der Waals surface area contributed by atoms with Gasteiger partial charge in [0.15, 0.2) is 0 Å². The first-order valence-corrected chi connectivity index (χ1v) is 8.53. The Morgan fingerprint density at radius 3 is 1.92 bits per heavy atom. The molecule has 0 saturated carbocycles. The summed E-state index contributed by atoms with van der Waals surface area (Å²) in [7, 11) is 1.67. The molecule has 0 atom stereocenters. The Morgan fingerprint density at radius 1 is 0.808 bits per heavy atom. The van der Waals surface area contributed by atoms with Gasteiger partial charge >= 0.3 is 0 Å². The summed E-state index contributed by atoms with van der Waals surface area (Å²) in [6.07, 6.45) is 8.51.